The van der Waals surface area contributed by atoms with Crippen LogP contribution in [-0.2, 0) is 12.8 Å². The molecule has 0 atom stereocenters. The minimum atomic E-state index is 0.766. The van der Waals surface area contributed by atoms with Crippen molar-refractivity contribution in [3.63, 3.8) is 0 Å². The quantitative estimate of drug-likeness (QED) is 0.113. The third-order valence-corrected chi connectivity index (χ3v) is 6.59. The minimum absolute atomic E-state index is 0.766. The van der Waals surface area contributed by atoms with Crippen molar-refractivity contribution in [2.75, 3.05) is 13.2 Å². The van der Waals surface area contributed by atoms with E-state index in [1.807, 2.05) is 61.0 Å². The van der Waals surface area contributed by atoms with Crippen molar-refractivity contribution < 1.29 is 9.47 Å². The van der Waals surface area contributed by atoms with E-state index < -0.39 is 0 Å². The summed E-state index contributed by atoms with van der Waals surface area (Å²) < 4.78 is 11.5. The normalized spacial score (nSPS) is 11.3. The van der Waals surface area contributed by atoms with Crippen LogP contribution < -0.4 is 9.47 Å². The topological polar surface area (TPSA) is 43.2 Å². The van der Waals surface area contributed by atoms with Gasteiger partial charge in [0.05, 0.1) is 24.6 Å². The van der Waals surface area contributed by atoms with Gasteiger partial charge in [0.25, 0.3) is 0 Å². The van der Waals surface area contributed by atoms with Crippen LogP contribution in [0, 0.1) is 0 Å². The highest BCUT2D eigenvalue weighted by Gasteiger charge is 1.99. The van der Waals surface area contributed by atoms with Gasteiger partial charge in [-0.2, -0.15) is 0 Å². The molecule has 0 radical (unpaired) electrons. The number of nitrogens with zero attached hydrogens (tertiary/aromatic N) is 2. The molecule has 0 saturated carbocycles. The fraction of sp³-hybridized carbons (Fsp3) is 0.278. The number of benzene rings is 4. The van der Waals surface area contributed by atoms with E-state index in [2.05, 4.69) is 72.4 Å². The monoisotopic (exact) mass is 532 g/mol. The molecule has 0 saturated heterocycles. The number of aryl methyl sites for hydroxylation is 2. The van der Waals surface area contributed by atoms with Crippen LogP contribution in [0.15, 0.2) is 107 Å². The average molecular weight is 533 g/mol. The Morgan fingerprint density at radius 3 is 1.23 bits per heavy atom. The maximum Gasteiger partial charge on any atom is 0.119 e. The first-order valence-corrected chi connectivity index (χ1v) is 14.4. The van der Waals surface area contributed by atoms with Crippen LogP contribution in [0.25, 0.3) is 0 Å². The SMILES string of the molecule is CCCCOc1ccc(C=Nc2ccc(CCc3ccc(N=Cc4ccc(OCCCC)cc4)cc3)cc2)cc1. The lowest BCUT2D eigenvalue weighted by Crippen LogP contribution is -1.96. The van der Waals surface area contributed by atoms with Crippen LogP contribution in [0.5, 0.6) is 11.5 Å². The van der Waals surface area contributed by atoms with Gasteiger partial charge in [-0.3, -0.25) is 9.98 Å². The molecule has 4 rings (SSSR count). The van der Waals surface area contributed by atoms with E-state index in [9.17, 15) is 0 Å². The van der Waals surface area contributed by atoms with Crippen LogP contribution in [0.4, 0.5) is 11.4 Å². The zero-order chi connectivity index (χ0) is 27.8. The average Bonchev–Trinajstić information content (AvgIpc) is 3.00. The fourth-order valence-corrected chi connectivity index (χ4v) is 4.05. The molecule has 0 unspecified atom stereocenters. The van der Waals surface area contributed by atoms with Gasteiger partial charge in [-0.15, -0.1) is 0 Å². The van der Waals surface area contributed by atoms with E-state index in [-0.39, 0.29) is 0 Å². The van der Waals surface area contributed by atoms with Gasteiger partial charge in [0.2, 0.25) is 0 Å². The summed E-state index contributed by atoms with van der Waals surface area (Å²) in [5.74, 6) is 1.82. The Bertz CT molecular complexity index is 1220. The maximum atomic E-state index is 5.73. The zero-order valence-corrected chi connectivity index (χ0v) is 23.8. The lowest BCUT2D eigenvalue weighted by Gasteiger charge is -2.05. The van der Waals surface area contributed by atoms with E-state index in [0.29, 0.717) is 0 Å². The molecule has 0 aliphatic carbocycles. The van der Waals surface area contributed by atoms with Crippen molar-refractivity contribution in [3.8, 4) is 11.5 Å². The molecule has 0 heterocycles. The van der Waals surface area contributed by atoms with E-state index in [0.717, 1.165) is 85.7 Å². The second kappa shape index (κ2) is 16.0. The lowest BCUT2D eigenvalue weighted by molar-refractivity contribution is 0.309. The molecule has 4 nitrogen and oxygen atoms in total. The van der Waals surface area contributed by atoms with Gasteiger partial charge in [0.1, 0.15) is 11.5 Å². The molecule has 4 aromatic rings. The van der Waals surface area contributed by atoms with Crippen molar-refractivity contribution in [3.05, 3.63) is 119 Å². The summed E-state index contributed by atoms with van der Waals surface area (Å²) in [6.07, 6.45) is 10.2. The van der Waals surface area contributed by atoms with Gasteiger partial charge in [0.15, 0.2) is 0 Å². The highest BCUT2D eigenvalue weighted by molar-refractivity contribution is 5.82. The van der Waals surface area contributed by atoms with Gasteiger partial charge >= 0.3 is 0 Å². The maximum absolute atomic E-state index is 5.73. The first-order chi connectivity index (χ1) is 19.7. The van der Waals surface area contributed by atoms with Gasteiger partial charge in [-0.05, 0) is 121 Å². The number of hydrogen-bond acceptors (Lipinski definition) is 4. The first-order valence-electron chi connectivity index (χ1n) is 14.4. The smallest absolute Gasteiger partial charge is 0.119 e. The van der Waals surface area contributed by atoms with Gasteiger partial charge in [-0.1, -0.05) is 51.0 Å². The van der Waals surface area contributed by atoms with Gasteiger partial charge < -0.3 is 9.47 Å². The number of unbranched alkanes of at least 4 members (excludes halogenated alkanes) is 2. The summed E-state index contributed by atoms with van der Waals surface area (Å²) in [5, 5.41) is 0. The molecule has 0 fully saturated rings. The van der Waals surface area contributed by atoms with E-state index >= 15 is 0 Å². The summed E-state index contributed by atoms with van der Waals surface area (Å²) in [5.41, 5.74) is 6.63. The lowest BCUT2D eigenvalue weighted by atomic mass is 10.0. The molecule has 0 bridgehead atoms. The molecule has 0 amide bonds. The molecule has 0 aliphatic heterocycles. The molecule has 4 aromatic carbocycles. The molecule has 40 heavy (non-hydrogen) atoms. The van der Waals surface area contributed by atoms with Crippen molar-refractivity contribution >= 4 is 23.8 Å². The summed E-state index contributed by atoms with van der Waals surface area (Å²) in [6.45, 7) is 5.86. The fourth-order valence-electron chi connectivity index (χ4n) is 4.05. The number of rotatable bonds is 15. The van der Waals surface area contributed by atoms with Crippen LogP contribution in [0.2, 0.25) is 0 Å². The molecule has 0 N–H and O–H groups in total. The Labute approximate surface area is 239 Å². The first kappa shape index (κ1) is 28.8. The van der Waals surface area contributed by atoms with Crippen LogP contribution in [-0.4, -0.2) is 25.6 Å². The Hall–Kier alpha value is -4.18. The Morgan fingerprint density at radius 2 is 0.875 bits per heavy atom. The van der Waals surface area contributed by atoms with Crippen molar-refractivity contribution in [2.24, 2.45) is 9.98 Å². The van der Waals surface area contributed by atoms with E-state index in [4.69, 9.17) is 9.47 Å². The highest BCUT2D eigenvalue weighted by Crippen LogP contribution is 2.19. The predicted molar refractivity (Wildman–Crippen MR) is 168 cm³/mol. The third-order valence-electron chi connectivity index (χ3n) is 6.59. The molecular weight excluding hydrogens is 492 g/mol. The number of ether oxygens (including phenoxy) is 2. The second-order valence-corrected chi connectivity index (χ2v) is 9.89. The summed E-state index contributed by atoms with van der Waals surface area (Å²) >= 11 is 0. The molecule has 206 valence electrons. The molecule has 0 aromatic heterocycles. The molecule has 0 aliphatic rings. The minimum Gasteiger partial charge on any atom is -0.494 e. The zero-order valence-electron chi connectivity index (χ0n) is 23.8. The summed E-state index contributed by atoms with van der Waals surface area (Å²) in [4.78, 5) is 9.25. The molecular formula is C36H40N2O2. The second-order valence-electron chi connectivity index (χ2n) is 9.89. The van der Waals surface area contributed by atoms with Crippen LogP contribution >= 0.6 is 0 Å². The van der Waals surface area contributed by atoms with Gasteiger partial charge in [0, 0.05) is 12.4 Å². The Kier molecular flexibility index (Phi) is 11.6. The summed E-state index contributed by atoms with van der Waals surface area (Å²) in [7, 11) is 0. The molecule has 0 spiro atoms. The van der Waals surface area contributed by atoms with E-state index in [1.54, 1.807) is 0 Å². The van der Waals surface area contributed by atoms with Gasteiger partial charge in [-0.25, -0.2) is 0 Å². The van der Waals surface area contributed by atoms with E-state index in [1.165, 1.54) is 11.1 Å². The van der Waals surface area contributed by atoms with Crippen LogP contribution in [0.3, 0.4) is 0 Å². The van der Waals surface area contributed by atoms with Crippen LogP contribution in [0.1, 0.15) is 61.8 Å². The largest absolute Gasteiger partial charge is 0.494 e. The Morgan fingerprint density at radius 1 is 0.500 bits per heavy atom. The highest BCUT2D eigenvalue weighted by atomic mass is 16.5. The van der Waals surface area contributed by atoms with Crippen molar-refractivity contribution in [1.29, 1.82) is 0 Å². The third kappa shape index (κ3) is 9.85. The predicted octanol–water partition coefficient (Wildman–Crippen LogP) is 9.33. The number of aliphatic imine (C=N–C) groups is 2. The Balaban J connectivity index is 1.22. The van der Waals surface area contributed by atoms with Crippen molar-refractivity contribution in [1.82, 2.24) is 0 Å². The standard InChI is InChI=1S/C36H40N2O2/c1-3-5-25-39-35-21-13-31(14-22-35)27-37-33-17-9-29(10-18-33)7-8-30-11-19-34(20-12-30)38-28-32-15-23-36(24-16-32)40-26-6-4-2/h9-24,27-28H,3-8,25-26H2,1-2H3. The summed E-state index contributed by atoms with van der Waals surface area (Å²) in [6, 6.07) is 33.1. The number of hydrogen-bond donors (Lipinski definition) is 0. The molecule has 4 heteroatoms. The van der Waals surface area contributed by atoms with Crippen molar-refractivity contribution in [2.45, 2.75) is 52.4 Å².